The standard InChI is InChI=1S/C20H20BrN3O7S2/c1-3-30-19(26)17-11(2)22-20(27)23-14(17)10-31-18(25)12-6-4-5-7-13(12)24-33(28,29)16-9-8-15(21)32-16/h4-9,11,24H,3,10H2,1-2H3,(H2,22,23,27)/t11-/m0/s1. The number of hydrogen-bond donors (Lipinski definition) is 3. The smallest absolute Gasteiger partial charge is 0.340 e. The molecule has 3 rings (SSSR count). The summed E-state index contributed by atoms with van der Waals surface area (Å²) in [5, 5.41) is 5.00. The number of anilines is 1. The summed E-state index contributed by atoms with van der Waals surface area (Å²) in [7, 11) is -3.93. The molecule has 2 aromatic rings. The molecule has 1 aliphatic heterocycles. The van der Waals surface area contributed by atoms with Gasteiger partial charge in [-0.05, 0) is 54.0 Å². The average molecular weight is 558 g/mol. The fraction of sp³-hybridized carbons (Fsp3) is 0.250. The molecule has 1 aromatic heterocycles. The van der Waals surface area contributed by atoms with E-state index in [0.717, 1.165) is 11.3 Å². The van der Waals surface area contributed by atoms with E-state index >= 15 is 0 Å². The molecule has 1 atom stereocenters. The molecule has 33 heavy (non-hydrogen) atoms. The molecule has 0 spiro atoms. The third-order valence-electron chi connectivity index (χ3n) is 4.42. The summed E-state index contributed by atoms with van der Waals surface area (Å²) < 4.78 is 38.7. The van der Waals surface area contributed by atoms with Crippen molar-refractivity contribution >= 4 is 60.9 Å². The quantitative estimate of drug-likeness (QED) is 0.424. The topological polar surface area (TPSA) is 140 Å². The predicted molar refractivity (Wildman–Crippen MR) is 124 cm³/mol. The monoisotopic (exact) mass is 557 g/mol. The highest BCUT2D eigenvalue weighted by Crippen LogP contribution is 2.28. The molecule has 10 nitrogen and oxygen atoms in total. The van der Waals surface area contributed by atoms with Gasteiger partial charge in [0.2, 0.25) is 0 Å². The lowest BCUT2D eigenvalue weighted by Crippen LogP contribution is -2.50. The molecule has 0 aliphatic carbocycles. The van der Waals surface area contributed by atoms with E-state index in [1.165, 1.54) is 18.2 Å². The predicted octanol–water partition coefficient (Wildman–Crippen LogP) is 2.99. The number of nitrogens with one attached hydrogen (secondary N) is 3. The Morgan fingerprint density at radius 3 is 2.55 bits per heavy atom. The van der Waals surface area contributed by atoms with Crippen LogP contribution in [-0.4, -0.2) is 45.6 Å². The maximum absolute atomic E-state index is 12.8. The Hall–Kier alpha value is -2.90. The van der Waals surface area contributed by atoms with Crippen LogP contribution in [0.4, 0.5) is 10.5 Å². The minimum atomic E-state index is -3.93. The van der Waals surface area contributed by atoms with Crippen molar-refractivity contribution in [3.8, 4) is 0 Å². The number of para-hydroxylation sites is 1. The van der Waals surface area contributed by atoms with Crippen LogP contribution < -0.4 is 15.4 Å². The number of carbonyl (C=O) groups excluding carboxylic acids is 3. The normalized spacial score (nSPS) is 16.0. The third-order valence-corrected chi connectivity index (χ3v) is 7.90. The van der Waals surface area contributed by atoms with Crippen LogP contribution in [0.3, 0.4) is 0 Å². The fourth-order valence-electron chi connectivity index (χ4n) is 3.00. The molecule has 1 aliphatic rings. The van der Waals surface area contributed by atoms with Gasteiger partial charge >= 0.3 is 18.0 Å². The summed E-state index contributed by atoms with van der Waals surface area (Å²) in [6.07, 6.45) is 0. The van der Waals surface area contributed by atoms with Crippen LogP contribution in [0.25, 0.3) is 0 Å². The van der Waals surface area contributed by atoms with Gasteiger partial charge in [-0.15, -0.1) is 11.3 Å². The number of carbonyl (C=O) groups is 3. The van der Waals surface area contributed by atoms with E-state index in [4.69, 9.17) is 9.47 Å². The Morgan fingerprint density at radius 2 is 1.88 bits per heavy atom. The van der Waals surface area contributed by atoms with E-state index in [1.54, 1.807) is 32.0 Å². The maximum atomic E-state index is 12.8. The van der Waals surface area contributed by atoms with Gasteiger partial charge in [0.25, 0.3) is 10.0 Å². The first-order valence-electron chi connectivity index (χ1n) is 9.64. The molecule has 0 bridgehead atoms. The highest BCUT2D eigenvalue weighted by Gasteiger charge is 2.30. The molecule has 0 fully saturated rings. The van der Waals surface area contributed by atoms with Crippen molar-refractivity contribution in [2.75, 3.05) is 17.9 Å². The third kappa shape index (κ3) is 5.92. The Bertz CT molecular complexity index is 1220. The zero-order valence-electron chi connectivity index (χ0n) is 17.5. The highest BCUT2D eigenvalue weighted by molar-refractivity contribution is 9.11. The van der Waals surface area contributed by atoms with Crippen LogP contribution in [0.2, 0.25) is 0 Å². The minimum absolute atomic E-state index is 0.0225. The molecule has 3 N–H and O–H groups in total. The lowest BCUT2D eigenvalue weighted by atomic mass is 10.0. The molecule has 0 saturated carbocycles. The fourth-order valence-corrected chi connectivity index (χ4v) is 6.09. The van der Waals surface area contributed by atoms with Gasteiger partial charge in [-0.3, -0.25) is 4.72 Å². The number of thiophene rings is 1. The Morgan fingerprint density at radius 1 is 1.15 bits per heavy atom. The van der Waals surface area contributed by atoms with Crippen LogP contribution >= 0.6 is 27.3 Å². The largest absolute Gasteiger partial charge is 0.463 e. The van der Waals surface area contributed by atoms with E-state index in [9.17, 15) is 22.8 Å². The molecular weight excluding hydrogens is 538 g/mol. The zero-order chi connectivity index (χ0) is 24.2. The number of esters is 2. The second kappa shape index (κ2) is 10.4. The molecule has 176 valence electrons. The summed E-state index contributed by atoms with van der Waals surface area (Å²) in [6.45, 7) is 2.94. The van der Waals surface area contributed by atoms with Crippen molar-refractivity contribution in [1.82, 2.24) is 10.6 Å². The Balaban J connectivity index is 1.81. The number of sulfonamides is 1. The summed E-state index contributed by atoms with van der Waals surface area (Å²) >= 11 is 4.24. The molecule has 13 heteroatoms. The SMILES string of the molecule is CCOC(=O)C1=C(COC(=O)c2ccccc2NS(=O)(=O)c2ccc(Br)s2)NC(=O)N[C@H]1C. The minimum Gasteiger partial charge on any atom is -0.463 e. The van der Waals surface area contributed by atoms with Crippen LogP contribution in [0.1, 0.15) is 24.2 Å². The number of halogens is 1. The van der Waals surface area contributed by atoms with Crippen LogP contribution in [-0.2, 0) is 24.3 Å². The number of hydrogen-bond acceptors (Lipinski definition) is 8. The lowest BCUT2D eigenvalue weighted by Gasteiger charge is -2.26. The van der Waals surface area contributed by atoms with Gasteiger partial charge in [-0.25, -0.2) is 22.8 Å². The van der Waals surface area contributed by atoms with Crippen molar-refractivity contribution < 1.29 is 32.3 Å². The summed E-state index contributed by atoms with van der Waals surface area (Å²) in [6, 6.07) is 7.75. The maximum Gasteiger partial charge on any atom is 0.340 e. The zero-order valence-corrected chi connectivity index (χ0v) is 20.7. The molecule has 0 radical (unpaired) electrons. The number of ether oxygens (including phenoxy) is 2. The second-order valence-electron chi connectivity index (χ2n) is 6.72. The van der Waals surface area contributed by atoms with Gasteiger partial charge in [-0.2, -0.15) is 0 Å². The summed E-state index contributed by atoms with van der Waals surface area (Å²) in [5.41, 5.74) is 0.193. The molecule has 2 amide bonds. The number of benzene rings is 1. The number of urea groups is 1. The molecule has 2 heterocycles. The van der Waals surface area contributed by atoms with Crippen molar-refractivity contribution in [1.29, 1.82) is 0 Å². The van der Waals surface area contributed by atoms with E-state index in [0.29, 0.717) is 3.79 Å². The Kier molecular flexibility index (Phi) is 7.76. The lowest BCUT2D eigenvalue weighted by molar-refractivity contribution is -0.139. The van der Waals surface area contributed by atoms with Crippen molar-refractivity contribution in [3.05, 3.63) is 57.0 Å². The van der Waals surface area contributed by atoms with E-state index < -0.39 is 40.6 Å². The first kappa shape index (κ1) is 24.7. The summed E-state index contributed by atoms with van der Waals surface area (Å²) in [4.78, 5) is 36.9. The van der Waals surface area contributed by atoms with Gasteiger partial charge in [-0.1, -0.05) is 12.1 Å². The van der Waals surface area contributed by atoms with E-state index in [2.05, 4.69) is 31.3 Å². The van der Waals surface area contributed by atoms with Gasteiger partial charge in [0, 0.05) is 0 Å². The number of rotatable bonds is 8. The van der Waals surface area contributed by atoms with Crippen LogP contribution in [0.5, 0.6) is 0 Å². The van der Waals surface area contributed by atoms with Crippen molar-refractivity contribution in [2.24, 2.45) is 0 Å². The average Bonchev–Trinajstić information content (AvgIpc) is 3.19. The molecule has 1 aromatic carbocycles. The van der Waals surface area contributed by atoms with Gasteiger partial charge in [0.05, 0.1) is 39.0 Å². The molecule has 0 saturated heterocycles. The van der Waals surface area contributed by atoms with Crippen LogP contribution in [0.15, 0.2) is 55.7 Å². The van der Waals surface area contributed by atoms with Crippen LogP contribution in [0, 0.1) is 0 Å². The van der Waals surface area contributed by atoms with Gasteiger partial charge < -0.3 is 20.1 Å². The molecular formula is C20H20BrN3O7S2. The Labute approximate surface area is 202 Å². The number of amides is 2. The van der Waals surface area contributed by atoms with E-state index in [1.807, 2.05) is 0 Å². The second-order valence-corrected chi connectivity index (χ2v) is 11.1. The van der Waals surface area contributed by atoms with Gasteiger partial charge in [0.1, 0.15) is 10.8 Å². The van der Waals surface area contributed by atoms with E-state index in [-0.39, 0.29) is 33.3 Å². The summed E-state index contributed by atoms with van der Waals surface area (Å²) in [5.74, 6) is -1.50. The first-order valence-corrected chi connectivity index (χ1v) is 12.7. The van der Waals surface area contributed by atoms with Crippen molar-refractivity contribution in [2.45, 2.75) is 24.1 Å². The highest BCUT2D eigenvalue weighted by atomic mass is 79.9. The molecule has 0 unspecified atom stereocenters. The van der Waals surface area contributed by atoms with Gasteiger partial charge in [0.15, 0.2) is 0 Å². The first-order chi connectivity index (χ1) is 15.6. The van der Waals surface area contributed by atoms with Crippen molar-refractivity contribution in [3.63, 3.8) is 0 Å².